The molecule has 40 heavy (non-hydrogen) atoms. The molecule has 0 aliphatic carbocycles. The Morgan fingerprint density at radius 3 is 2.20 bits per heavy atom. The average Bonchev–Trinajstić information content (AvgIpc) is 2.98. The monoisotopic (exact) mass is 562 g/mol. The van der Waals surface area contributed by atoms with Gasteiger partial charge in [-0.2, -0.15) is 0 Å². The van der Waals surface area contributed by atoms with Crippen molar-refractivity contribution in [3.63, 3.8) is 0 Å². The molecular formula is C33H43ClN4O2. The zero-order valence-corrected chi connectivity index (χ0v) is 24.4. The van der Waals surface area contributed by atoms with Crippen LogP contribution >= 0.6 is 11.6 Å². The minimum Gasteiger partial charge on any atom is -0.496 e. The number of benzene rings is 3. The fraction of sp³-hybridized carbons (Fsp3) is 0.424. The number of carbonyl (C=O) groups excluding carboxylic acids is 1. The van der Waals surface area contributed by atoms with Crippen LogP contribution in [0.5, 0.6) is 5.75 Å². The van der Waals surface area contributed by atoms with E-state index in [1.165, 1.54) is 37.5 Å². The molecule has 0 bridgehead atoms. The van der Waals surface area contributed by atoms with Gasteiger partial charge in [-0.05, 0) is 75.0 Å². The van der Waals surface area contributed by atoms with Crippen LogP contribution in [-0.4, -0.2) is 55.5 Å². The number of unbranched alkanes of at least 4 members (excludes halogenated alkanes) is 2. The highest BCUT2D eigenvalue weighted by atomic mass is 35.5. The van der Waals surface area contributed by atoms with Crippen molar-refractivity contribution < 1.29 is 9.53 Å². The summed E-state index contributed by atoms with van der Waals surface area (Å²) in [4.78, 5) is 17.9. The molecule has 4 rings (SSSR count). The summed E-state index contributed by atoms with van der Waals surface area (Å²) in [5, 5.41) is 3.43. The highest BCUT2D eigenvalue weighted by molar-refractivity contribution is 6.33. The number of nitrogens with zero attached hydrogens (tertiary/aromatic N) is 2. The van der Waals surface area contributed by atoms with Crippen molar-refractivity contribution in [3.05, 3.63) is 94.5 Å². The maximum absolute atomic E-state index is 12.7. The van der Waals surface area contributed by atoms with Crippen LogP contribution in [0.25, 0.3) is 0 Å². The minimum atomic E-state index is -0.172. The van der Waals surface area contributed by atoms with E-state index in [9.17, 15) is 4.79 Å². The van der Waals surface area contributed by atoms with Crippen LogP contribution < -0.4 is 15.8 Å². The molecule has 0 radical (unpaired) electrons. The van der Waals surface area contributed by atoms with Crippen LogP contribution in [-0.2, 0) is 13.1 Å². The Balaban J connectivity index is 1.13. The summed E-state index contributed by atoms with van der Waals surface area (Å²) in [5.74, 6) is 0.757. The fourth-order valence-electron chi connectivity index (χ4n) is 5.41. The van der Waals surface area contributed by atoms with Crippen LogP contribution in [0.15, 0.2) is 72.8 Å². The Labute approximate surface area is 244 Å². The second kappa shape index (κ2) is 15.7. The normalized spacial score (nSPS) is 14.4. The molecule has 1 aliphatic rings. The second-order valence-corrected chi connectivity index (χ2v) is 11.2. The maximum atomic E-state index is 12.7. The zero-order chi connectivity index (χ0) is 28.2. The number of nitrogen functional groups attached to an aromatic ring is 1. The van der Waals surface area contributed by atoms with Gasteiger partial charge in [-0.3, -0.25) is 9.69 Å². The predicted octanol–water partition coefficient (Wildman–Crippen LogP) is 6.25. The number of halogens is 1. The van der Waals surface area contributed by atoms with E-state index in [1.54, 1.807) is 12.1 Å². The number of nitrogens with two attached hydrogens (primary N) is 1. The molecule has 6 nitrogen and oxygen atoms in total. The van der Waals surface area contributed by atoms with Crippen molar-refractivity contribution in [2.75, 3.05) is 45.6 Å². The first-order valence-electron chi connectivity index (χ1n) is 14.5. The number of rotatable bonds is 14. The van der Waals surface area contributed by atoms with Crippen molar-refractivity contribution in [2.24, 2.45) is 5.92 Å². The molecule has 3 N–H and O–H groups in total. The quantitative estimate of drug-likeness (QED) is 0.180. The number of ether oxygens (including phenoxy) is 1. The van der Waals surface area contributed by atoms with E-state index in [2.05, 4.69) is 75.8 Å². The minimum absolute atomic E-state index is 0.172. The third-order valence-electron chi connectivity index (χ3n) is 7.77. The fourth-order valence-corrected chi connectivity index (χ4v) is 5.57. The van der Waals surface area contributed by atoms with Gasteiger partial charge in [-0.25, -0.2) is 0 Å². The lowest BCUT2D eigenvalue weighted by atomic mass is 9.96. The molecule has 3 aromatic carbocycles. The number of nitrogens with one attached hydrogen (secondary N) is 1. The van der Waals surface area contributed by atoms with E-state index in [1.807, 2.05) is 0 Å². The molecule has 1 saturated heterocycles. The van der Waals surface area contributed by atoms with E-state index >= 15 is 0 Å². The van der Waals surface area contributed by atoms with Gasteiger partial charge in [-0.1, -0.05) is 78.7 Å². The Bertz CT molecular complexity index is 1140. The molecule has 0 saturated carbocycles. The molecule has 1 fully saturated rings. The third kappa shape index (κ3) is 9.26. The summed E-state index contributed by atoms with van der Waals surface area (Å²) in [6.45, 7) is 7.07. The van der Waals surface area contributed by atoms with Crippen molar-refractivity contribution >= 4 is 23.2 Å². The topological polar surface area (TPSA) is 70.8 Å². The maximum Gasteiger partial charge on any atom is 0.255 e. The molecule has 214 valence electrons. The number of likely N-dealkylation sites (tertiary alicyclic amines) is 1. The highest BCUT2D eigenvalue weighted by Crippen LogP contribution is 2.29. The Morgan fingerprint density at radius 2 is 1.60 bits per heavy atom. The van der Waals surface area contributed by atoms with E-state index < -0.39 is 0 Å². The van der Waals surface area contributed by atoms with E-state index in [0.29, 0.717) is 34.5 Å². The summed E-state index contributed by atoms with van der Waals surface area (Å²) in [6.07, 6.45) is 5.87. The largest absolute Gasteiger partial charge is 0.496 e. The summed E-state index contributed by atoms with van der Waals surface area (Å²) in [7, 11) is 1.53. The van der Waals surface area contributed by atoms with Crippen LogP contribution in [0.2, 0.25) is 5.02 Å². The number of anilines is 1. The van der Waals surface area contributed by atoms with Gasteiger partial charge in [0.2, 0.25) is 0 Å². The lowest BCUT2D eigenvalue weighted by molar-refractivity contribution is 0.0933. The zero-order valence-electron chi connectivity index (χ0n) is 23.7. The number of carbonyl (C=O) groups is 1. The number of piperidine rings is 1. The summed E-state index contributed by atoms with van der Waals surface area (Å²) < 4.78 is 5.32. The number of amides is 1. The molecule has 7 heteroatoms. The van der Waals surface area contributed by atoms with Crippen molar-refractivity contribution in [2.45, 2.75) is 45.2 Å². The van der Waals surface area contributed by atoms with Crippen molar-refractivity contribution in [1.29, 1.82) is 0 Å². The first-order chi connectivity index (χ1) is 19.5. The van der Waals surface area contributed by atoms with Crippen LogP contribution in [0.3, 0.4) is 0 Å². The SMILES string of the molecule is COc1cc(N)c(Cl)cc1C(=O)NCC1CCN(CCCCCN(Cc2ccccc2)Cc2ccccc2)CC1. The molecule has 1 heterocycles. The molecule has 1 amide bonds. The average molecular weight is 563 g/mol. The van der Waals surface area contributed by atoms with Crippen LogP contribution in [0.4, 0.5) is 5.69 Å². The van der Waals surface area contributed by atoms with Gasteiger partial charge in [0.15, 0.2) is 0 Å². The Morgan fingerprint density at radius 1 is 0.975 bits per heavy atom. The Kier molecular flexibility index (Phi) is 11.7. The standard InChI is InChI=1S/C33H43ClN4O2/c1-40-32-22-31(35)30(34)21-29(32)33(39)36-23-26-15-19-37(20-16-26)17-9-4-10-18-38(24-27-11-5-2-6-12-27)25-28-13-7-3-8-14-28/h2-3,5-8,11-14,21-22,26H,4,9-10,15-20,23-25,35H2,1H3,(H,36,39). The molecule has 3 aromatic rings. The van der Waals surface area contributed by atoms with E-state index in [4.69, 9.17) is 22.1 Å². The summed E-state index contributed by atoms with van der Waals surface area (Å²) >= 11 is 6.13. The molecule has 0 unspecified atom stereocenters. The third-order valence-corrected chi connectivity index (χ3v) is 8.10. The second-order valence-electron chi connectivity index (χ2n) is 10.8. The van der Waals surface area contributed by atoms with Gasteiger partial charge in [0.25, 0.3) is 5.91 Å². The predicted molar refractivity (Wildman–Crippen MR) is 165 cm³/mol. The van der Waals surface area contributed by atoms with Gasteiger partial charge in [0, 0.05) is 25.7 Å². The van der Waals surface area contributed by atoms with E-state index in [0.717, 1.165) is 52.1 Å². The first-order valence-corrected chi connectivity index (χ1v) is 14.8. The Hall–Kier alpha value is -3.06. The molecule has 0 aromatic heterocycles. The lowest BCUT2D eigenvalue weighted by Crippen LogP contribution is -2.39. The van der Waals surface area contributed by atoms with Crippen LogP contribution in [0, 0.1) is 5.92 Å². The summed E-state index contributed by atoms with van der Waals surface area (Å²) in [5.41, 5.74) is 9.40. The first kappa shape index (κ1) is 29.9. The van der Waals surface area contributed by atoms with E-state index in [-0.39, 0.29) is 5.91 Å². The van der Waals surface area contributed by atoms with Gasteiger partial charge in [0.05, 0.1) is 23.4 Å². The van der Waals surface area contributed by atoms with Crippen LogP contribution in [0.1, 0.15) is 53.6 Å². The highest BCUT2D eigenvalue weighted by Gasteiger charge is 2.21. The lowest BCUT2D eigenvalue weighted by Gasteiger charge is -2.32. The van der Waals surface area contributed by atoms with Gasteiger partial charge < -0.3 is 20.7 Å². The smallest absolute Gasteiger partial charge is 0.255 e. The van der Waals surface area contributed by atoms with Gasteiger partial charge in [-0.15, -0.1) is 0 Å². The molecule has 1 aliphatic heterocycles. The van der Waals surface area contributed by atoms with Gasteiger partial charge in [0.1, 0.15) is 5.75 Å². The summed E-state index contributed by atoms with van der Waals surface area (Å²) in [6, 6.07) is 24.7. The van der Waals surface area contributed by atoms with Gasteiger partial charge >= 0.3 is 0 Å². The number of hydrogen-bond acceptors (Lipinski definition) is 5. The molecule has 0 atom stereocenters. The van der Waals surface area contributed by atoms with Crippen molar-refractivity contribution in [1.82, 2.24) is 15.1 Å². The number of hydrogen-bond donors (Lipinski definition) is 2. The molecular weight excluding hydrogens is 520 g/mol. The van der Waals surface area contributed by atoms with Crippen molar-refractivity contribution in [3.8, 4) is 5.75 Å². The number of methoxy groups -OCH3 is 1. The molecule has 0 spiro atoms.